The molecule has 2 N–H and O–H groups in total. The average molecular weight is 503 g/mol. The summed E-state index contributed by atoms with van der Waals surface area (Å²) in [4.78, 5) is 0. The van der Waals surface area contributed by atoms with E-state index in [4.69, 9.17) is 4.74 Å². The van der Waals surface area contributed by atoms with E-state index in [0.717, 1.165) is 42.0 Å². The molecule has 0 amide bonds. The van der Waals surface area contributed by atoms with Crippen molar-refractivity contribution >= 4 is 40.5 Å². The highest BCUT2D eigenvalue weighted by Crippen LogP contribution is 2.38. The number of piperidine rings is 1. The van der Waals surface area contributed by atoms with Crippen molar-refractivity contribution in [3.05, 3.63) is 59.2 Å². The molecule has 0 radical (unpaired) electrons. The Kier molecular flexibility index (Phi) is 9.25. The van der Waals surface area contributed by atoms with Gasteiger partial charge in [-0.1, -0.05) is 30.3 Å². The zero-order chi connectivity index (χ0) is 21.3. The van der Waals surface area contributed by atoms with Gasteiger partial charge in [0.15, 0.2) is 0 Å². The van der Waals surface area contributed by atoms with Gasteiger partial charge in [0.25, 0.3) is 0 Å². The fourth-order valence-corrected chi connectivity index (χ4v) is 6.11. The maximum atomic E-state index is 12.3. The molecule has 2 aromatic carbocycles. The molecule has 0 aromatic heterocycles. The first-order chi connectivity index (χ1) is 14.4. The number of hydrogen-bond acceptors (Lipinski definition) is 5. The highest BCUT2D eigenvalue weighted by Gasteiger charge is 2.34. The first-order valence-electron chi connectivity index (χ1n) is 10.6. The summed E-state index contributed by atoms with van der Waals surface area (Å²) in [6.07, 6.45) is 4.20. The minimum Gasteiger partial charge on any atom is -0.496 e. The lowest BCUT2D eigenvalue weighted by Gasteiger charge is -2.34. The number of fused-ring (bicyclic) bond motifs is 1. The van der Waals surface area contributed by atoms with Gasteiger partial charge in [-0.05, 0) is 56.0 Å². The smallest absolute Gasteiger partial charge is 0.232 e. The SMILES string of the molecule is COc1cc2c(cc1CNC1CCCNC1c1ccccc1)N(S(C)(=O)=O)C(C)C2.Cl.Cl. The van der Waals surface area contributed by atoms with Crippen LogP contribution in [0.15, 0.2) is 42.5 Å². The number of nitrogens with one attached hydrogen (secondary N) is 2. The summed E-state index contributed by atoms with van der Waals surface area (Å²) in [5.74, 6) is 0.809. The molecule has 32 heavy (non-hydrogen) atoms. The Hall–Kier alpha value is -1.51. The zero-order valence-electron chi connectivity index (χ0n) is 18.7. The monoisotopic (exact) mass is 501 g/mol. The Morgan fingerprint density at radius 3 is 2.56 bits per heavy atom. The molecule has 6 nitrogen and oxygen atoms in total. The summed E-state index contributed by atoms with van der Waals surface area (Å²) in [5, 5.41) is 7.35. The molecule has 3 unspecified atom stereocenters. The second kappa shape index (κ2) is 11.1. The molecule has 0 saturated carbocycles. The van der Waals surface area contributed by atoms with E-state index in [1.165, 1.54) is 11.8 Å². The minimum absolute atomic E-state index is 0. The number of methoxy groups -OCH3 is 1. The molecular weight excluding hydrogens is 469 g/mol. The fraction of sp³-hybridized carbons (Fsp3) is 0.478. The minimum atomic E-state index is -3.32. The van der Waals surface area contributed by atoms with Crippen molar-refractivity contribution in [1.82, 2.24) is 10.6 Å². The Bertz CT molecular complexity index is 1010. The van der Waals surface area contributed by atoms with Crippen LogP contribution >= 0.6 is 24.8 Å². The van der Waals surface area contributed by atoms with Gasteiger partial charge < -0.3 is 15.4 Å². The molecule has 1 fully saturated rings. The quantitative estimate of drug-likeness (QED) is 0.629. The highest BCUT2D eigenvalue weighted by atomic mass is 35.5. The van der Waals surface area contributed by atoms with Gasteiger partial charge in [-0.25, -0.2) is 8.42 Å². The van der Waals surface area contributed by atoms with Crippen molar-refractivity contribution in [2.75, 3.05) is 24.2 Å². The van der Waals surface area contributed by atoms with Gasteiger partial charge in [0.2, 0.25) is 10.0 Å². The third-order valence-corrected chi connectivity index (χ3v) is 7.44. The van der Waals surface area contributed by atoms with Gasteiger partial charge in [-0.2, -0.15) is 0 Å². The van der Waals surface area contributed by atoms with Gasteiger partial charge in [0.1, 0.15) is 5.75 Å². The largest absolute Gasteiger partial charge is 0.496 e. The molecule has 0 spiro atoms. The Morgan fingerprint density at radius 2 is 1.91 bits per heavy atom. The molecule has 2 aliphatic rings. The van der Waals surface area contributed by atoms with Gasteiger partial charge >= 0.3 is 0 Å². The molecule has 2 heterocycles. The van der Waals surface area contributed by atoms with Crippen LogP contribution in [0.3, 0.4) is 0 Å². The van der Waals surface area contributed by atoms with Crippen LogP contribution in [-0.4, -0.2) is 40.4 Å². The molecule has 9 heteroatoms. The van der Waals surface area contributed by atoms with E-state index in [-0.39, 0.29) is 36.9 Å². The molecule has 0 aliphatic carbocycles. The summed E-state index contributed by atoms with van der Waals surface area (Å²) in [6.45, 7) is 3.59. The van der Waals surface area contributed by atoms with E-state index in [2.05, 4.69) is 34.9 Å². The summed E-state index contributed by atoms with van der Waals surface area (Å²) in [7, 11) is -1.65. The predicted molar refractivity (Wildman–Crippen MR) is 135 cm³/mol. The Labute approximate surface area is 204 Å². The van der Waals surface area contributed by atoms with Crippen molar-refractivity contribution in [1.29, 1.82) is 0 Å². The van der Waals surface area contributed by atoms with E-state index in [1.54, 1.807) is 11.4 Å². The third-order valence-electron chi connectivity index (χ3n) is 6.16. The number of halogens is 2. The summed E-state index contributed by atoms with van der Waals surface area (Å²) >= 11 is 0. The molecule has 4 rings (SSSR count). The van der Waals surface area contributed by atoms with Crippen molar-refractivity contribution in [2.24, 2.45) is 0 Å². The number of sulfonamides is 1. The van der Waals surface area contributed by atoms with Crippen LogP contribution < -0.4 is 19.7 Å². The van der Waals surface area contributed by atoms with E-state index < -0.39 is 10.0 Å². The van der Waals surface area contributed by atoms with E-state index in [0.29, 0.717) is 19.0 Å². The van der Waals surface area contributed by atoms with Gasteiger partial charge in [-0.15, -0.1) is 24.8 Å². The van der Waals surface area contributed by atoms with E-state index in [1.807, 2.05) is 25.1 Å². The number of rotatable bonds is 6. The average Bonchev–Trinajstić information content (AvgIpc) is 3.07. The number of hydrogen-bond donors (Lipinski definition) is 2. The lowest BCUT2D eigenvalue weighted by atomic mass is 9.92. The molecular formula is C23H33Cl2N3O3S. The van der Waals surface area contributed by atoms with Crippen molar-refractivity contribution in [3.8, 4) is 5.75 Å². The van der Waals surface area contributed by atoms with Crippen LogP contribution in [0.5, 0.6) is 5.75 Å². The first kappa shape index (κ1) is 26.7. The topological polar surface area (TPSA) is 70.7 Å². The maximum absolute atomic E-state index is 12.3. The second-order valence-corrected chi connectivity index (χ2v) is 10.2. The lowest BCUT2D eigenvalue weighted by Crippen LogP contribution is -2.45. The Balaban J connectivity index is 0.00000181. The predicted octanol–water partition coefficient (Wildman–Crippen LogP) is 3.83. The zero-order valence-corrected chi connectivity index (χ0v) is 21.2. The number of anilines is 1. The van der Waals surface area contributed by atoms with E-state index >= 15 is 0 Å². The van der Waals surface area contributed by atoms with Crippen molar-refractivity contribution < 1.29 is 13.2 Å². The van der Waals surface area contributed by atoms with Crippen molar-refractivity contribution in [3.63, 3.8) is 0 Å². The molecule has 1 saturated heterocycles. The molecule has 0 bridgehead atoms. The van der Waals surface area contributed by atoms with Crippen LogP contribution in [-0.2, 0) is 23.0 Å². The third kappa shape index (κ3) is 5.51. The normalized spacial score (nSPS) is 22.5. The van der Waals surface area contributed by atoms with Crippen LogP contribution in [0.2, 0.25) is 0 Å². The van der Waals surface area contributed by atoms with Crippen LogP contribution in [0.25, 0.3) is 0 Å². The number of benzene rings is 2. The summed E-state index contributed by atoms with van der Waals surface area (Å²) in [6, 6.07) is 15.0. The van der Waals surface area contributed by atoms with Crippen molar-refractivity contribution in [2.45, 2.75) is 50.9 Å². The van der Waals surface area contributed by atoms with E-state index in [9.17, 15) is 8.42 Å². The van der Waals surface area contributed by atoms with Crippen LogP contribution in [0.4, 0.5) is 5.69 Å². The second-order valence-electron chi connectivity index (χ2n) is 8.38. The standard InChI is InChI=1S/C23H31N3O3S.2ClH/c1-16-12-18-14-22(29-2)19(13-21(18)26(16)30(3,27)28)15-25-20-10-7-11-24-23(20)17-8-5-4-6-9-17;;/h4-6,8-9,13-14,16,20,23-25H,7,10-12,15H2,1-3H3;2*1H. The Morgan fingerprint density at radius 1 is 1.19 bits per heavy atom. The fourth-order valence-electron chi connectivity index (χ4n) is 4.85. The first-order valence-corrected chi connectivity index (χ1v) is 12.4. The highest BCUT2D eigenvalue weighted by molar-refractivity contribution is 7.92. The van der Waals surface area contributed by atoms with Gasteiger partial charge in [0.05, 0.1) is 19.1 Å². The lowest BCUT2D eigenvalue weighted by molar-refractivity contribution is 0.303. The van der Waals surface area contributed by atoms with Gasteiger partial charge in [0, 0.05) is 30.2 Å². The molecule has 3 atom stereocenters. The van der Waals surface area contributed by atoms with Gasteiger partial charge in [-0.3, -0.25) is 4.31 Å². The molecule has 178 valence electrons. The summed E-state index contributed by atoms with van der Waals surface area (Å²) < 4.78 is 31.9. The molecule has 2 aromatic rings. The van der Waals surface area contributed by atoms with Crippen LogP contribution in [0.1, 0.15) is 42.5 Å². The summed E-state index contributed by atoms with van der Waals surface area (Å²) in [5.41, 5.74) is 4.07. The maximum Gasteiger partial charge on any atom is 0.232 e. The number of ether oxygens (including phenoxy) is 1. The molecule has 2 aliphatic heterocycles. The van der Waals surface area contributed by atoms with Crippen LogP contribution in [0, 0.1) is 0 Å². The number of nitrogens with zero attached hydrogens (tertiary/aromatic N) is 1.